The third-order valence-corrected chi connectivity index (χ3v) is 8.72. The highest BCUT2D eigenvalue weighted by molar-refractivity contribution is 6.90. The Hall–Kier alpha value is -0.893. The molecule has 1 aromatic rings. The lowest BCUT2D eigenvalue weighted by atomic mass is 9.74. The number of fused-ring (bicyclic) bond motifs is 1. The van der Waals surface area contributed by atoms with Crippen molar-refractivity contribution in [2.24, 2.45) is 5.92 Å². The number of rotatable bonds is 1. The zero-order valence-electron chi connectivity index (χ0n) is 13.3. The number of Topliss-reactive ketones (excluding diaryl/α,β-unsaturated/α-hetero) is 1. The van der Waals surface area contributed by atoms with E-state index in [1.54, 1.807) is 6.92 Å². The maximum Gasteiger partial charge on any atom is 0.160 e. The van der Waals surface area contributed by atoms with Crippen molar-refractivity contribution in [1.29, 1.82) is 0 Å². The van der Waals surface area contributed by atoms with Crippen LogP contribution in [0, 0.1) is 12.8 Å². The van der Waals surface area contributed by atoms with Gasteiger partial charge in [0, 0.05) is 5.56 Å². The smallest absolute Gasteiger partial charge is 0.160 e. The molecule has 2 heteroatoms. The van der Waals surface area contributed by atoms with Gasteiger partial charge in [0.25, 0.3) is 0 Å². The molecule has 1 aliphatic heterocycles. The molecule has 0 amide bonds. The van der Waals surface area contributed by atoms with Gasteiger partial charge in [-0.2, -0.15) is 0 Å². The summed E-state index contributed by atoms with van der Waals surface area (Å²) in [5, 5.41) is 1.51. The highest BCUT2D eigenvalue weighted by Gasteiger charge is 2.43. The molecule has 2 rings (SSSR count). The Balaban J connectivity index is 2.75. The van der Waals surface area contributed by atoms with Crippen LogP contribution < -0.4 is 5.19 Å². The van der Waals surface area contributed by atoms with E-state index in [1.165, 1.54) is 16.8 Å². The second-order valence-corrected chi connectivity index (χ2v) is 12.2. The number of carbonyl (C=O) groups is 1. The number of benzene rings is 1. The van der Waals surface area contributed by atoms with E-state index in [0.29, 0.717) is 5.92 Å². The van der Waals surface area contributed by atoms with E-state index >= 15 is 0 Å². The Labute approximate surface area is 118 Å². The summed E-state index contributed by atoms with van der Waals surface area (Å²) < 4.78 is 0. The summed E-state index contributed by atoms with van der Waals surface area (Å²) in [5.41, 5.74) is 3.77. The summed E-state index contributed by atoms with van der Waals surface area (Å²) in [5.74, 6) is 0.908. The fourth-order valence-corrected chi connectivity index (χ4v) is 7.50. The maximum absolute atomic E-state index is 11.8. The minimum Gasteiger partial charge on any atom is -0.295 e. The van der Waals surface area contributed by atoms with Crippen LogP contribution in [0.15, 0.2) is 12.1 Å². The molecule has 0 saturated heterocycles. The quantitative estimate of drug-likeness (QED) is 0.558. The largest absolute Gasteiger partial charge is 0.295 e. The molecule has 0 bridgehead atoms. The Morgan fingerprint density at radius 1 is 1.32 bits per heavy atom. The van der Waals surface area contributed by atoms with E-state index in [2.05, 4.69) is 52.9 Å². The van der Waals surface area contributed by atoms with Crippen LogP contribution in [0.25, 0.3) is 0 Å². The van der Waals surface area contributed by atoms with Gasteiger partial charge in [0.05, 0.1) is 8.07 Å². The van der Waals surface area contributed by atoms with Crippen molar-refractivity contribution in [2.75, 3.05) is 0 Å². The first kappa shape index (κ1) is 14.5. The number of ketones is 1. The summed E-state index contributed by atoms with van der Waals surface area (Å²) in [4.78, 5) is 11.8. The predicted octanol–water partition coefficient (Wildman–Crippen LogP) is 4.04. The van der Waals surface area contributed by atoms with Crippen molar-refractivity contribution >= 4 is 19.0 Å². The van der Waals surface area contributed by atoms with Crippen molar-refractivity contribution in [2.45, 2.75) is 59.2 Å². The summed E-state index contributed by atoms with van der Waals surface area (Å²) in [6.45, 7) is 15.7. The van der Waals surface area contributed by atoms with Gasteiger partial charge in [0.15, 0.2) is 5.78 Å². The molecule has 1 heterocycles. The summed E-state index contributed by atoms with van der Waals surface area (Å²) in [7, 11) is -1.42. The van der Waals surface area contributed by atoms with Gasteiger partial charge in [0.1, 0.15) is 0 Å². The van der Waals surface area contributed by atoms with Crippen LogP contribution in [0.1, 0.15) is 49.2 Å². The molecular weight excluding hydrogens is 248 g/mol. The first-order valence-electron chi connectivity index (χ1n) is 7.24. The van der Waals surface area contributed by atoms with Crippen molar-refractivity contribution in [3.63, 3.8) is 0 Å². The number of aryl methyl sites for hydroxylation is 1. The predicted molar refractivity (Wildman–Crippen MR) is 85.3 cm³/mol. The molecule has 1 aromatic carbocycles. The second kappa shape index (κ2) is 4.31. The van der Waals surface area contributed by atoms with E-state index in [4.69, 9.17) is 0 Å². The normalized spacial score (nSPS) is 23.8. The van der Waals surface area contributed by atoms with Gasteiger partial charge in [-0.15, -0.1) is 0 Å². The summed E-state index contributed by atoms with van der Waals surface area (Å²) in [6.07, 6.45) is 0. The van der Waals surface area contributed by atoms with Crippen molar-refractivity contribution < 1.29 is 4.79 Å². The fraction of sp³-hybridized carbons (Fsp3) is 0.588. The second-order valence-electron chi connectivity index (χ2n) is 7.48. The van der Waals surface area contributed by atoms with Crippen LogP contribution in [-0.4, -0.2) is 13.9 Å². The average Bonchev–Trinajstić information content (AvgIpc) is 2.25. The summed E-state index contributed by atoms with van der Waals surface area (Å²) >= 11 is 0. The molecule has 0 fully saturated rings. The van der Waals surface area contributed by atoms with Gasteiger partial charge in [-0.05, 0) is 36.3 Å². The molecule has 0 N–H and O–H groups in total. The fourth-order valence-electron chi connectivity index (χ4n) is 3.58. The molecule has 0 saturated carbocycles. The third-order valence-electron chi connectivity index (χ3n) is 5.22. The van der Waals surface area contributed by atoms with Crippen LogP contribution in [0.3, 0.4) is 0 Å². The Morgan fingerprint density at radius 3 is 2.42 bits per heavy atom. The first-order chi connectivity index (χ1) is 8.57. The van der Waals surface area contributed by atoms with Crippen molar-refractivity contribution in [3.05, 3.63) is 28.8 Å². The van der Waals surface area contributed by atoms with Gasteiger partial charge < -0.3 is 0 Å². The molecule has 1 nitrogen and oxygen atoms in total. The van der Waals surface area contributed by atoms with Crippen molar-refractivity contribution in [3.8, 4) is 0 Å². The number of hydrogen-bond donors (Lipinski definition) is 0. The van der Waals surface area contributed by atoms with E-state index in [1.807, 2.05) is 0 Å². The van der Waals surface area contributed by atoms with Gasteiger partial charge in [-0.3, -0.25) is 4.79 Å². The van der Waals surface area contributed by atoms with E-state index in [-0.39, 0.29) is 11.2 Å². The molecule has 1 unspecified atom stereocenters. The Bertz CT molecular complexity index is 540. The molecule has 1 atom stereocenters. The average molecular weight is 274 g/mol. The van der Waals surface area contributed by atoms with Crippen LogP contribution in [0.2, 0.25) is 19.1 Å². The molecule has 0 spiro atoms. The van der Waals surface area contributed by atoms with E-state index in [0.717, 1.165) is 11.1 Å². The highest BCUT2D eigenvalue weighted by Crippen LogP contribution is 2.41. The molecule has 0 radical (unpaired) electrons. The lowest BCUT2D eigenvalue weighted by molar-refractivity contribution is 0.101. The first-order valence-corrected chi connectivity index (χ1v) is 10.4. The Morgan fingerprint density at radius 2 is 1.89 bits per heavy atom. The maximum atomic E-state index is 11.8. The van der Waals surface area contributed by atoms with Crippen LogP contribution in [0.4, 0.5) is 0 Å². The SMILES string of the molecule is CC(=O)c1cc2c(cc1C)C(C)(C)C(C)C[Si]2(C)C. The van der Waals surface area contributed by atoms with Gasteiger partial charge in [-0.1, -0.05) is 57.2 Å². The zero-order valence-corrected chi connectivity index (χ0v) is 14.3. The summed E-state index contributed by atoms with van der Waals surface area (Å²) in [6, 6.07) is 5.82. The van der Waals surface area contributed by atoms with Gasteiger partial charge >= 0.3 is 0 Å². The zero-order chi connectivity index (χ0) is 14.6. The van der Waals surface area contributed by atoms with Crippen LogP contribution in [-0.2, 0) is 5.41 Å². The molecule has 19 heavy (non-hydrogen) atoms. The minimum atomic E-state index is -1.42. The van der Waals surface area contributed by atoms with E-state index < -0.39 is 8.07 Å². The molecule has 0 aromatic heterocycles. The lowest BCUT2D eigenvalue weighted by Crippen LogP contribution is -2.54. The molecule has 104 valence electrons. The van der Waals surface area contributed by atoms with Crippen LogP contribution >= 0.6 is 0 Å². The van der Waals surface area contributed by atoms with Gasteiger partial charge in [-0.25, -0.2) is 0 Å². The lowest BCUT2D eigenvalue weighted by Gasteiger charge is -2.46. The highest BCUT2D eigenvalue weighted by atomic mass is 28.3. The molecule has 1 aliphatic rings. The standard InChI is InChI=1S/C17H26OSi/c1-11-8-15-16(9-14(11)13(3)18)19(6,7)10-12(2)17(15,4)5/h8-9,12H,10H2,1-7H3. The van der Waals surface area contributed by atoms with Gasteiger partial charge in [0.2, 0.25) is 0 Å². The minimum absolute atomic E-state index is 0.196. The monoisotopic (exact) mass is 274 g/mol. The van der Waals surface area contributed by atoms with Crippen molar-refractivity contribution in [1.82, 2.24) is 0 Å². The van der Waals surface area contributed by atoms with Crippen LogP contribution in [0.5, 0.6) is 0 Å². The number of hydrogen-bond acceptors (Lipinski definition) is 1. The Kier molecular flexibility index (Phi) is 3.29. The number of carbonyl (C=O) groups excluding carboxylic acids is 1. The molecule has 0 aliphatic carbocycles. The van der Waals surface area contributed by atoms with E-state index in [9.17, 15) is 4.79 Å². The topological polar surface area (TPSA) is 17.1 Å². The third kappa shape index (κ3) is 2.20. The molecular formula is C17H26OSi.